The molecule has 3 rings (SSSR count). The summed E-state index contributed by atoms with van der Waals surface area (Å²) in [6.45, 7) is 3.28. The lowest BCUT2D eigenvalue weighted by Crippen LogP contribution is -2.49. The van der Waals surface area contributed by atoms with Gasteiger partial charge in [0.05, 0.1) is 6.42 Å². The summed E-state index contributed by atoms with van der Waals surface area (Å²) in [6.07, 6.45) is 1.56. The van der Waals surface area contributed by atoms with Gasteiger partial charge in [0.2, 0.25) is 5.91 Å². The van der Waals surface area contributed by atoms with Gasteiger partial charge in [0.25, 0.3) is 0 Å². The van der Waals surface area contributed by atoms with Crippen LogP contribution in [0.3, 0.4) is 0 Å². The minimum Gasteiger partial charge on any atom is -0.326 e. The van der Waals surface area contributed by atoms with Gasteiger partial charge >= 0.3 is 0 Å². The van der Waals surface area contributed by atoms with Crippen LogP contribution in [0.4, 0.5) is 5.69 Å². The first-order valence-electron chi connectivity index (χ1n) is 6.54. The van der Waals surface area contributed by atoms with Crippen LogP contribution < -0.4 is 10.6 Å². The first-order valence-corrected chi connectivity index (χ1v) is 6.54. The normalized spacial score (nSPS) is 23.8. The molecule has 1 atom stereocenters. The maximum absolute atomic E-state index is 11.3. The predicted octanol–water partition coefficient (Wildman–Crippen LogP) is 0.627. The second-order valence-corrected chi connectivity index (χ2v) is 5.33. The molecule has 0 saturated carbocycles. The lowest BCUT2D eigenvalue weighted by atomic mass is 10.0. The third-order valence-electron chi connectivity index (χ3n) is 3.74. The number of nitrogens with one attached hydrogen (secondary N) is 2. The minimum atomic E-state index is 0.109. The van der Waals surface area contributed by atoms with Gasteiger partial charge in [-0.15, -0.1) is 0 Å². The van der Waals surface area contributed by atoms with E-state index in [1.807, 2.05) is 6.07 Å². The second-order valence-electron chi connectivity index (χ2n) is 5.33. The Morgan fingerprint density at radius 3 is 3.17 bits per heavy atom. The number of piperazine rings is 1. The van der Waals surface area contributed by atoms with Gasteiger partial charge in [-0.2, -0.15) is 0 Å². The number of rotatable bonds is 2. The van der Waals surface area contributed by atoms with Gasteiger partial charge < -0.3 is 15.5 Å². The number of carbonyl (C=O) groups excluding carboxylic acids is 1. The molecule has 1 aromatic carbocycles. The lowest BCUT2D eigenvalue weighted by molar-refractivity contribution is -0.115. The third kappa shape index (κ3) is 2.40. The quantitative estimate of drug-likeness (QED) is 0.803. The zero-order valence-corrected chi connectivity index (χ0v) is 10.7. The fourth-order valence-corrected chi connectivity index (χ4v) is 2.82. The maximum atomic E-state index is 11.3. The number of likely N-dealkylation sites (N-methyl/N-ethyl adjacent to an activating group) is 1. The molecule has 1 fully saturated rings. The van der Waals surface area contributed by atoms with Crippen LogP contribution in [-0.2, 0) is 17.6 Å². The number of hydrogen-bond acceptors (Lipinski definition) is 3. The molecule has 1 aromatic rings. The van der Waals surface area contributed by atoms with Crippen molar-refractivity contribution in [1.29, 1.82) is 0 Å². The fraction of sp³-hybridized carbons (Fsp3) is 0.500. The van der Waals surface area contributed by atoms with E-state index in [-0.39, 0.29) is 5.91 Å². The summed E-state index contributed by atoms with van der Waals surface area (Å²) >= 11 is 0. The molecule has 2 N–H and O–H groups in total. The van der Waals surface area contributed by atoms with Gasteiger partial charge in [0, 0.05) is 31.4 Å². The highest BCUT2D eigenvalue weighted by Gasteiger charge is 2.20. The van der Waals surface area contributed by atoms with E-state index < -0.39 is 0 Å². The smallest absolute Gasteiger partial charge is 0.228 e. The molecule has 1 unspecified atom stereocenters. The molecule has 0 aliphatic carbocycles. The van der Waals surface area contributed by atoms with Crippen molar-refractivity contribution in [2.75, 3.05) is 32.0 Å². The van der Waals surface area contributed by atoms with Gasteiger partial charge in [0.1, 0.15) is 0 Å². The lowest BCUT2D eigenvalue weighted by Gasteiger charge is -2.31. The van der Waals surface area contributed by atoms with E-state index in [0.29, 0.717) is 12.5 Å². The Morgan fingerprint density at radius 1 is 1.44 bits per heavy atom. The summed E-state index contributed by atoms with van der Waals surface area (Å²) < 4.78 is 0. The number of amides is 1. The molecule has 96 valence electrons. The topological polar surface area (TPSA) is 44.4 Å². The number of carbonyl (C=O) groups is 1. The van der Waals surface area contributed by atoms with E-state index in [4.69, 9.17) is 0 Å². The number of nitrogens with zero attached hydrogens (tertiary/aromatic N) is 1. The van der Waals surface area contributed by atoms with Gasteiger partial charge in [-0.05, 0) is 30.7 Å². The van der Waals surface area contributed by atoms with Crippen molar-refractivity contribution < 1.29 is 4.79 Å². The number of hydrogen-bond donors (Lipinski definition) is 2. The largest absolute Gasteiger partial charge is 0.326 e. The summed E-state index contributed by atoms with van der Waals surface area (Å²) in [5, 5.41) is 6.42. The van der Waals surface area contributed by atoms with Crippen LogP contribution in [0, 0.1) is 0 Å². The van der Waals surface area contributed by atoms with Crippen LogP contribution in [0.1, 0.15) is 11.1 Å². The summed E-state index contributed by atoms with van der Waals surface area (Å²) in [5.74, 6) is 0.109. The average molecular weight is 245 g/mol. The van der Waals surface area contributed by atoms with Gasteiger partial charge in [-0.3, -0.25) is 4.79 Å². The summed E-state index contributed by atoms with van der Waals surface area (Å²) in [4.78, 5) is 13.7. The van der Waals surface area contributed by atoms with Gasteiger partial charge in [-0.1, -0.05) is 12.1 Å². The molecule has 1 amide bonds. The molecular formula is C14H19N3O. The maximum Gasteiger partial charge on any atom is 0.228 e. The van der Waals surface area contributed by atoms with Crippen molar-refractivity contribution in [3.8, 4) is 0 Å². The van der Waals surface area contributed by atoms with Crippen molar-refractivity contribution in [2.45, 2.75) is 18.9 Å². The van der Waals surface area contributed by atoms with Gasteiger partial charge in [-0.25, -0.2) is 0 Å². The summed E-state index contributed by atoms with van der Waals surface area (Å²) in [6, 6.07) is 6.85. The minimum absolute atomic E-state index is 0.109. The Kier molecular flexibility index (Phi) is 3.06. The zero-order valence-electron chi connectivity index (χ0n) is 10.7. The number of anilines is 1. The highest BCUT2D eigenvalue weighted by atomic mass is 16.1. The molecule has 0 bridgehead atoms. The monoisotopic (exact) mass is 245 g/mol. The van der Waals surface area contributed by atoms with Crippen LogP contribution in [0.25, 0.3) is 0 Å². The van der Waals surface area contributed by atoms with E-state index in [1.165, 1.54) is 5.56 Å². The van der Waals surface area contributed by atoms with E-state index >= 15 is 0 Å². The van der Waals surface area contributed by atoms with Crippen molar-refractivity contribution in [2.24, 2.45) is 0 Å². The first-order chi connectivity index (χ1) is 8.70. The first kappa shape index (κ1) is 11.7. The molecule has 4 nitrogen and oxygen atoms in total. The van der Waals surface area contributed by atoms with Crippen LogP contribution in [-0.4, -0.2) is 43.5 Å². The predicted molar refractivity (Wildman–Crippen MR) is 71.8 cm³/mol. The second kappa shape index (κ2) is 4.71. The standard InChI is InChI=1S/C14H19N3O/c1-17-5-4-15-12(9-17)7-10-2-3-13-11(6-10)8-14(18)16-13/h2-3,6,12,15H,4-5,7-9H2,1H3,(H,16,18). The number of benzene rings is 1. The highest BCUT2D eigenvalue weighted by molar-refractivity contribution is 5.99. The van der Waals surface area contributed by atoms with Crippen molar-refractivity contribution in [1.82, 2.24) is 10.2 Å². The van der Waals surface area contributed by atoms with E-state index in [0.717, 1.165) is 37.3 Å². The van der Waals surface area contributed by atoms with Gasteiger partial charge in [0.15, 0.2) is 0 Å². The Bertz CT molecular complexity index is 472. The molecule has 1 saturated heterocycles. The Morgan fingerprint density at radius 2 is 2.33 bits per heavy atom. The van der Waals surface area contributed by atoms with Crippen LogP contribution in [0.5, 0.6) is 0 Å². The Hall–Kier alpha value is -1.39. The highest BCUT2D eigenvalue weighted by Crippen LogP contribution is 2.24. The van der Waals surface area contributed by atoms with E-state index in [1.54, 1.807) is 0 Å². The fourth-order valence-electron chi connectivity index (χ4n) is 2.82. The molecule has 2 aliphatic heterocycles. The van der Waals surface area contributed by atoms with Crippen molar-refractivity contribution in [3.63, 3.8) is 0 Å². The summed E-state index contributed by atoms with van der Waals surface area (Å²) in [7, 11) is 2.17. The SMILES string of the molecule is CN1CCNC(Cc2ccc3c(c2)CC(=O)N3)C1. The van der Waals surface area contributed by atoms with Crippen molar-refractivity contribution >= 4 is 11.6 Å². The molecule has 0 radical (unpaired) electrons. The molecule has 18 heavy (non-hydrogen) atoms. The molecule has 0 aromatic heterocycles. The van der Waals surface area contributed by atoms with E-state index in [2.05, 4.69) is 34.7 Å². The van der Waals surface area contributed by atoms with Crippen LogP contribution >= 0.6 is 0 Å². The molecule has 2 aliphatic rings. The Balaban J connectivity index is 1.70. The third-order valence-corrected chi connectivity index (χ3v) is 3.74. The van der Waals surface area contributed by atoms with Crippen molar-refractivity contribution in [3.05, 3.63) is 29.3 Å². The molecule has 2 heterocycles. The Labute approximate surface area is 107 Å². The molecular weight excluding hydrogens is 226 g/mol. The van der Waals surface area contributed by atoms with E-state index in [9.17, 15) is 4.79 Å². The molecule has 4 heteroatoms. The van der Waals surface area contributed by atoms with Crippen LogP contribution in [0.2, 0.25) is 0 Å². The number of fused-ring (bicyclic) bond motifs is 1. The average Bonchev–Trinajstić information content (AvgIpc) is 2.68. The van der Waals surface area contributed by atoms with Crippen LogP contribution in [0.15, 0.2) is 18.2 Å². The summed E-state index contributed by atoms with van der Waals surface area (Å²) in [5.41, 5.74) is 3.44. The molecule has 0 spiro atoms. The zero-order chi connectivity index (χ0) is 12.5.